The number of hydrogen-bond acceptors (Lipinski definition) is 5. The van der Waals surface area contributed by atoms with Crippen LogP contribution in [-0.4, -0.2) is 56.8 Å². The Hall–Kier alpha value is -2.32. The number of nitrogens with two attached hydrogens (primary N) is 2. The van der Waals surface area contributed by atoms with Gasteiger partial charge in [-0.25, -0.2) is 4.79 Å². The first-order valence-corrected chi connectivity index (χ1v) is 8.67. The summed E-state index contributed by atoms with van der Waals surface area (Å²) in [6.07, 6.45) is 1.79. The van der Waals surface area contributed by atoms with Crippen LogP contribution in [0.1, 0.15) is 24.8 Å². The molecule has 1 aromatic rings. The maximum atomic E-state index is 12.7. The molecule has 0 heterocycles. The molecule has 8 nitrogen and oxygen atoms in total. The molecule has 0 spiro atoms. The van der Waals surface area contributed by atoms with Gasteiger partial charge in [0.25, 0.3) is 0 Å². The van der Waals surface area contributed by atoms with Gasteiger partial charge in [0.2, 0.25) is 5.91 Å². The van der Waals surface area contributed by atoms with Crippen molar-refractivity contribution < 1.29 is 19.1 Å². The van der Waals surface area contributed by atoms with E-state index in [-0.39, 0.29) is 5.91 Å². The highest BCUT2D eigenvalue weighted by atomic mass is 16.5. The number of amides is 3. The summed E-state index contributed by atoms with van der Waals surface area (Å²) < 4.78 is 10.2. The highest BCUT2D eigenvalue weighted by Gasteiger charge is 2.20. The van der Waals surface area contributed by atoms with Crippen molar-refractivity contribution in [1.82, 2.24) is 10.2 Å². The number of ether oxygens (including phenoxy) is 2. The van der Waals surface area contributed by atoms with Crippen LogP contribution in [0.5, 0.6) is 5.75 Å². The minimum Gasteiger partial charge on any atom is -0.497 e. The van der Waals surface area contributed by atoms with E-state index >= 15 is 0 Å². The summed E-state index contributed by atoms with van der Waals surface area (Å²) in [6, 6.07) is 6.39. The molecule has 0 saturated carbocycles. The van der Waals surface area contributed by atoms with Crippen molar-refractivity contribution in [3.63, 3.8) is 0 Å². The summed E-state index contributed by atoms with van der Waals surface area (Å²) in [5, 5.41) is 2.49. The second-order valence-electron chi connectivity index (χ2n) is 5.99. The molecular formula is C18H30N4O4. The first-order chi connectivity index (χ1) is 12.5. The van der Waals surface area contributed by atoms with Crippen LogP contribution in [0.4, 0.5) is 4.79 Å². The number of carbonyl (C=O) groups is 2. The fraction of sp³-hybridized carbons (Fsp3) is 0.556. The predicted molar refractivity (Wildman–Crippen MR) is 99.7 cm³/mol. The zero-order valence-corrected chi connectivity index (χ0v) is 15.6. The number of carbonyl (C=O) groups excluding carboxylic acids is 2. The van der Waals surface area contributed by atoms with E-state index in [1.165, 1.54) is 0 Å². The fourth-order valence-electron chi connectivity index (χ4n) is 2.51. The van der Waals surface area contributed by atoms with E-state index in [0.717, 1.165) is 17.7 Å². The summed E-state index contributed by atoms with van der Waals surface area (Å²) in [5.74, 6) is 0.653. The molecule has 0 aliphatic carbocycles. The van der Waals surface area contributed by atoms with E-state index in [1.54, 1.807) is 19.1 Å². The van der Waals surface area contributed by atoms with E-state index in [9.17, 15) is 9.59 Å². The number of hydrogen-bond donors (Lipinski definition) is 3. The van der Waals surface area contributed by atoms with Crippen LogP contribution in [0.25, 0.3) is 0 Å². The molecule has 1 aromatic carbocycles. The van der Waals surface area contributed by atoms with Crippen LogP contribution in [0.2, 0.25) is 0 Å². The second-order valence-corrected chi connectivity index (χ2v) is 5.99. The molecule has 0 fully saturated rings. The lowest BCUT2D eigenvalue weighted by molar-refractivity contribution is -0.133. The Bertz CT molecular complexity index is 551. The van der Waals surface area contributed by atoms with E-state index in [4.69, 9.17) is 20.9 Å². The van der Waals surface area contributed by atoms with Crippen LogP contribution in [0.3, 0.4) is 0 Å². The zero-order chi connectivity index (χ0) is 19.4. The van der Waals surface area contributed by atoms with Gasteiger partial charge in [-0.2, -0.15) is 0 Å². The van der Waals surface area contributed by atoms with Crippen LogP contribution >= 0.6 is 0 Å². The highest BCUT2D eigenvalue weighted by molar-refractivity contribution is 5.81. The zero-order valence-electron chi connectivity index (χ0n) is 15.6. The summed E-state index contributed by atoms with van der Waals surface area (Å²) in [5.41, 5.74) is 12.1. The smallest absolute Gasteiger partial charge is 0.312 e. The summed E-state index contributed by atoms with van der Waals surface area (Å²) >= 11 is 0. The van der Waals surface area contributed by atoms with Crippen LogP contribution in [0.15, 0.2) is 24.3 Å². The maximum Gasteiger partial charge on any atom is 0.312 e. The van der Waals surface area contributed by atoms with E-state index < -0.39 is 12.1 Å². The number of primary amides is 1. The molecule has 0 radical (unpaired) electrons. The molecule has 1 atom stereocenters. The third kappa shape index (κ3) is 8.17. The predicted octanol–water partition coefficient (Wildman–Crippen LogP) is 0.836. The molecule has 0 unspecified atom stereocenters. The molecule has 0 saturated heterocycles. The molecule has 0 aliphatic rings. The Morgan fingerprint density at radius 2 is 1.88 bits per heavy atom. The molecule has 0 bridgehead atoms. The minimum absolute atomic E-state index is 0.115. The van der Waals surface area contributed by atoms with E-state index in [2.05, 4.69) is 5.32 Å². The van der Waals surface area contributed by atoms with Crippen LogP contribution in [-0.2, 0) is 16.1 Å². The molecule has 0 aromatic heterocycles. The van der Waals surface area contributed by atoms with Gasteiger partial charge in [-0.05, 0) is 37.0 Å². The van der Waals surface area contributed by atoms with Crippen molar-refractivity contribution in [2.75, 3.05) is 33.9 Å². The lowest BCUT2D eigenvalue weighted by Gasteiger charge is -2.26. The van der Waals surface area contributed by atoms with Gasteiger partial charge in [-0.1, -0.05) is 12.1 Å². The quantitative estimate of drug-likeness (QED) is 0.473. The number of nitrogens with zero attached hydrogens (tertiary/aromatic N) is 1. The van der Waals surface area contributed by atoms with Crippen molar-refractivity contribution in [1.29, 1.82) is 0 Å². The second kappa shape index (κ2) is 12.1. The first-order valence-electron chi connectivity index (χ1n) is 8.67. The average molecular weight is 366 g/mol. The van der Waals surface area contributed by atoms with Crippen molar-refractivity contribution in [2.45, 2.75) is 31.8 Å². The van der Waals surface area contributed by atoms with Gasteiger partial charge < -0.3 is 31.2 Å². The number of rotatable bonds is 12. The molecule has 1 rings (SSSR count). The van der Waals surface area contributed by atoms with Gasteiger partial charge in [0.05, 0.1) is 13.2 Å². The topological polar surface area (TPSA) is 120 Å². The third-order valence-electron chi connectivity index (χ3n) is 3.93. The SMILES string of the molecule is COCCCN(Cc1ccc(OC)cc1)C(=O)[C@@H](N)CCCNC(N)=O. The Morgan fingerprint density at radius 3 is 2.46 bits per heavy atom. The Balaban J connectivity index is 2.63. The molecule has 8 heteroatoms. The number of urea groups is 1. The van der Waals surface area contributed by atoms with Crippen LogP contribution in [0, 0.1) is 0 Å². The van der Waals surface area contributed by atoms with Gasteiger partial charge in [-0.15, -0.1) is 0 Å². The first kappa shape index (κ1) is 21.7. The normalized spacial score (nSPS) is 11.7. The Kier molecular flexibility index (Phi) is 10.1. The maximum absolute atomic E-state index is 12.7. The minimum atomic E-state index is -0.620. The molecule has 5 N–H and O–H groups in total. The summed E-state index contributed by atoms with van der Waals surface area (Å²) in [6.45, 7) is 2.01. The van der Waals surface area contributed by atoms with Crippen molar-refractivity contribution in [3.05, 3.63) is 29.8 Å². The Labute approximate surface area is 154 Å². The van der Waals surface area contributed by atoms with Gasteiger partial charge in [0, 0.05) is 33.4 Å². The van der Waals surface area contributed by atoms with Gasteiger partial charge in [0.1, 0.15) is 5.75 Å². The van der Waals surface area contributed by atoms with Crippen molar-refractivity contribution in [3.8, 4) is 5.75 Å². The van der Waals surface area contributed by atoms with Crippen LogP contribution < -0.4 is 21.5 Å². The molecule has 26 heavy (non-hydrogen) atoms. The number of methoxy groups -OCH3 is 2. The lowest BCUT2D eigenvalue weighted by Crippen LogP contribution is -2.44. The molecule has 3 amide bonds. The fourth-order valence-corrected chi connectivity index (χ4v) is 2.51. The average Bonchev–Trinajstić information content (AvgIpc) is 2.64. The number of benzene rings is 1. The summed E-state index contributed by atoms with van der Waals surface area (Å²) in [7, 11) is 3.24. The Morgan fingerprint density at radius 1 is 1.19 bits per heavy atom. The molecule has 146 valence electrons. The van der Waals surface area contributed by atoms with Crippen molar-refractivity contribution in [2.24, 2.45) is 11.5 Å². The van der Waals surface area contributed by atoms with E-state index in [0.29, 0.717) is 39.1 Å². The number of nitrogens with one attached hydrogen (secondary N) is 1. The van der Waals surface area contributed by atoms with Crippen molar-refractivity contribution >= 4 is 11.9 Å². The highest BCUT2D eigenvalue weighted by Crippen LogP contribution is 2.14. The molecular weight excluding hydrogens is 336 g/mol. The summed E-state index contributed by atoms with van der Waals surface area (Å²) in [4.78, 5) is 25.1. The van der Waals surface area contributed by atoms with E-state index in [1.807, 2.05) is 24.3 Å². The van der Waals surface area contributed by atoms with Gasteiger partial charge >= 0.3 is 6.03 Å². The molecule has 0 aliphatic heterocycles. The standard InChI is InChI=1S/C18H30N4O4/c1-25-12-4-11-22(13-14-6-8-15(26-2)9-7-14)17(23)16(19)5-3-10-21-18(20)24/h6-9,16H,3-5,10-13,19H2,1-2H3,(H3,20,21,24)/t16-/m0/s1. The third-order valence-corrected chi connectivity index (χ3v) is 3.93. The monoisotopic (exact) mass is 366 g/mol. The lowest BCUT2D eigenvalue weighted by atomic mass is 10.1. The van der Waals surface area contributed by atoms with Gasteiger partial charge in [0.15, 0.2) is 0 Å². The van der Waals surface area contributed by atoms with Gasteiger partial charge in [-0.3, -0.25) is 4.79 Å². The largest absolute Gasteiger partial charge is 0.497 e.